The summed E-state index contributed by atoms with van der Waals surface area (Å²) in [6, 6.07) is 0. The summed E-state index contributed by atoms with van der Waals surface area (Å²) in [4.78, 5) is 12.1. The first-order chi connectivity index (χ1) is 16.0. The van der Waals surface area contributed by atoms with Crippen molar-refractivity contribution in [2.24, 2.45) is 9.98 Å². The van der Waals surface area contributed by atoms with Gasteiger partial charge in [0.05, 0.1) is 19.5 Å². The van der Waals surface area contributed by atoms with Gasteiger partial charge in [0.25, 0.3) is 0 Å². The molecule has 1 aliphatic carbocycles. The van der Waals surface area contributed by atoms with Crippen LogP contribution in [0.25, 0.3) is 0 Å². The van der Waals surface area contributed by atoms with Gasteiger partial charge in [-0.2, -0.15) is 15.1 Å². The molecular formula is C23H38N7O2S2+. The zero-order valence-electron chi connectivity index (χ0n) is 20.9. The van der Waals surface area contributed by atoms with Gasteiger partial charge in [-0.3, -0.25) is 4.55 Å². The Morgan fingerprint density at radius 1 is 1.38 bits per heavy atom. The van der Waals surface area contributed by atoms with E-state index in [0.717, 1.165) is 28.8 Å². The van der Waals surface area contributed by atoms with Gasteiger partial charge in [0.1, 0.15) is 10.9 Å². The van der Waals surface area contributed by atoms with Gasteiger partial charge in [0.15, 0.2) is 5.70 Å². The average Bonchev–Trinajstić information content (AvgIpc) is 3.06. The Hall–Kier alpha value is -2.05. The number of piperazine rings is 1. The number of aliphatic imine (C=N–C) groups is 2. The maximum atomic E-state index is 12.9. The number of nitrogens with one attached hydrogen (secondary N) is 2. The molecule has 188 valence electrons. The second-order valence-corrected chi connectivity index (χ2v) is 13.6. The topological polar surface area (TPSA) is 95.6 Å². The van der Waals surface area contributed by atoms with Crippen LogP contribution in [0.2, 0.25) is 0 Å². The van der Waals surface area contributed by atoms with Crippen LogP contribution in [0.3, 0.4) is 0 Å². The third-order valence-corrected chi connectivity index (χ3v) is 10.2. The average molecular weight is 509 g/mol. The van der Waals surface area contributed by atoms with Gasteiger partial charge in [0.2, 0.25) is 0 Å². The van der Waals surface area contributed by atoms with Crippen molar-refractivity contribution in [1.82, 2.24) is 20.1 Å². The van der Waals surface area contributed by atoms with Crippen LogP contribution in [0.15, 0.2) is 57.1 Å². The van der Waals surface area contributed by atoms with Crippen LogP contribution in [0.4, 0.5) is 0 Å². The van der Waals surface area contributed by atoms with Crippen molar-refractivity contribution in [3.05, 3.63) is 47.1 Å². The Labute approximate surface area is 207 Å². The summed E-state index contributed by atoms with van der Waals surface area (Å²) in [6.45, 7) is 10.1. The lowest BCUT2D eigenvalue weighted by atomic mass is 10.2. The Morgan fingerprint density at radius 3 is 2.71 bits per heavy atom. The number of hydrogen-bond donors (Lipinski definition) is 3. The molecule has 0 unspecified atom stereocenters. The monoisotopic (exact) mass is 508 g/mol. The van der Waals surface area contributed by atoms with Crippen molar-refractivity contribution in [2.45, 2.75) is 20.3 Å². The van der Waals surface area contributed by atoms with Crippen LogP contribution in [-0.2, 0) is 9.53 Å². The molecule has 3 N–H and O–H groups in total. The lowest BCUT2D eigenvalue weighted by molar-refractivity contribution is -0.442. The molecule has 1 fully saturated rings. The van der Waals surface area contributed by atoms with Gasteiger partial charge in [-0.1, -0.05) is 30.0 Å². The number of nitrogens with zero attached hydrogens (tertiary/aromatic N) is 5. The van der Waals surface area contributed by atoms with Gasteiger partial charge >= 0.3 is 5.82 Å². The Kier molecular flexibility index (Phi) is 8.35. The first kappa shape index (κ1) is 26.6. The first-order valence-corrected chi connectivity index (χ1v) is 14.9. The van der Waals surface area contributed by atoms with E-state index >= 15 is 0 Å². The van der Waals surface area contributed by atoms with E-state index in [1.165, 1.54) is 11.8 Å². The lowest BCUT2D eigenvalue weighted by Crippen LogP contribution is -2.59. The molecule has 11 heteroatoms. The second kappa shape index (κ2) is 10.7. The number of rotatable bonds is 7. The lowest BCUT2D eigenvalue weighted by Gasteiger charge is -2.51. The molecule has 2 heterocycles. The highest BCUT2D eigenvalue weighted by Gasteiger charge is 2.32. The third kappa shape index (κ3) is 6.14. The molecule has 0 radical (unpaired) electrons. The summed E-state index contributed by atoms with van der Waals surface area (Å²) in [5.74, 6) is 2.60. The molecule has 3 rings (SSSR count). The predicted molar refractivity (Wildman–Crippen MR) is 146 cm³/mol. The molecule has 1 saturated heterocycles. The quantitative estimate of drug-likeness (QED) is 0.211. The van der Waals surface area contributed by atoms with Gasteiger partial charge in [-0.15, -0.1) is 9.53 Å². The van der Waals surface area contributed by atoms with Crippen LogP contribution in [-0.4, -0.2) is 98.2 Å². The summed E-state index contributed by atoms with van der Waals surface area (Å²) in [5.41, 5.74) is 9.04. The van der Waals surface area contributed by atoms with E-state index in [4.69, 9.17) is 9.98 Å². The Bertz CT molecular complexity index is 1070. The minimum Gasteiger partial charge on any atom is -0.358 e. The van der Waals surface area contributed by atoms with Crippen molar-refractivity contribution < 1.29 is 13.3 Å². The largest absolute Gasteiger partial charge is 0.358 e. The molecule has 0 spiro atoms. The van der Waals surface area contributed by atoms with Crippen LogP contribution >= 0.6 is 11.8 Å². The molecule has 2 aliphatic heterocycles. The molecule has 34 heavy (non-hydrogen) atoms. The fourth-order valence-corrected chi connectivity index (χ4v) is 6.33. The van der Waals surface area contributed by atoms with E-state index in [9.17, 15) is 8.76 Å². The number of fused-ring (bicyclic) bond motifs is 1. The smallest absolute Gasteiger partial charge is 0.321 e. The number of allylic oxidation sites excluding steroid dienone is 5. The van der Waals surface area contributed by atoms with Crippen molar-refractivity contribution in [2.75, 3.05) is 58.0 Å². The van der Waals surface area contributed by atoms with Gasteiger partial charge < -0.3 is 4.90 Å². The van der Waals surface area contributed by atoms with Gasteiger partial charge in [0, 0.05) is 51.0 Å². The van der Waals surface area contributed by atoms with Crippen molar-refractivity contribution >= 4 is 38.9 Å². The molecule has 0 saturated carbocycles. The predicted octanol–water partition coefficient (Wildman–Crippen LogP) is 2.03. The molecule has 0 aromatic rings. The van der Waals surface area contributed by atoms with Gasteiger partial charge in [-0.25, -0.2) is 18.9 Å². The zero-order chi connectivity index (χ0) is 25.0. The summed E-state index contributed by atoms with van der Waals surface area (Å²) in [6.07, 6.45) is 10.8. The summed E-state index contributed by atoms with van der Waals surface area (Å²) in [5, 5.41) is 0.822. The van der Waals surface area contributed by atoms with E-state index in [2.05, 4.69) is 34.6 Å². The van der Waals surface area contributed by atoms with E-state index in [1.807, 2.05) is 26.1 Å². The summed E-state index contributed by atoms with van der Waals surface area (Å²) < 4.78 is 27.0. The second-order valence-electron chi connectivity index (χ2n) is 8.71. The molecule has 0 aromatic heterocycles. The number of hydrazine groups is 1. The van der Waals surface area contributed by atoms with E-state index in [-0.39, 0.29) is 5.75 Å². The van der Waals surface area contributed by atoms with Crippen molar-refractivity contribution in [1.29, 1.82) is 0 Å². The molecule has 0 aromatic carbocycles. The summed E-state index contributed by atoms with van der Waals surface area (Å²) in [7, 11) is -0.0788. The fraction of sp³-hybridized carbons (Fsp3) is 0.522. The minimum atomic E-state index is -3.74. The van der Waals surface area contributed by atoms with Crippen LogP contribution in [0.1, 0.15) is 20.3 Å². The standard InChI is InChI=1S/C23H37N7O2S2/c1-7-34(6,31,32)30-15-13-29(14-16-30)18(2)25-21(22(27-24-3)28(4)5)23-26-20-12-10-8-9-11-19(20)17-33-23/h8,10-12,24,27H,4,7,9,13-17H2,1-3,5-6H3/p+1. The SMILES string of the molecule is C=[N+](C)C(NNC)=C(N=C(C)N1CCN(S(C)(=O)(O)CC)CC1)C1=NC2=CC=CCC=C2CS1. The maximum Gasteiger partial charge on any atom is 0.321 e. The number of thioether (sulfide) groups is 1. The minimum absolute atomic E-state index is 0.227. The highest BCUT2D eigenvalue weighted by Crippen LogP contribution is 2.32. The van der Waals surface area contributed by atoms with Crippen molar-refractivity contribution in [3.63, 3.8) is 0 Å². The molecule has 3 aliphatic rings. The van der Waals surface area contributed by atoms with E-state index in [1.54, 1.807) is 34.6 Å². The highest BCUT2D eigenvalue weighted by molar-refractivity contribution is 8.14. The molecule has 0 amide bonds. The van der Waals surface area contributed by atoms with Crippen LogP contribution in [0, 0.1) is 0 Å². The molecule has 0 bridgehead atoms. The number of amidine groups is 1. The number of hydrogen-bond acceptors (Lipinski definition) is 6. The van der Waals surface area contributed by atoms with E-state index < -0.39 is 9.53 Å². The molecule has 9 nitrogen and oxygen atoms in total. The molecule has 0 atom stereocenters. The Morgan fingerprint density at radius 2 is 2.09 bits per heavy atom. The maximum absolute atomic E-state index is 12.9. The first-order valence-electron chi connectivity index (χ1n) is 11.5. The molecular weight excluding hydrogens is 470 g/mol. The van der Waals surface area contributed by atoms with Crippen LogP contribution in [0.5, 0.6) is 0 Å². The van der Waals surface area contributed by atoms with Gasteiger partial charge in [-0.05, 0) is 31.9 Å². The van der Waals surface area contributed by atoms with Crippen LogP contribution < -0.4 is 10.9 Å². The Balaban J connectivity index is 1.94. The summed E-state index contributed by atoms with van der Waals surface area (Å²) >= 11 is 1.66. The van der Waals surface area contributed by atoms with E-state index in [0.29, 0.717) is 37.7 Å². The highest BCUT2D eigenvalue weighted by atomic mass is 32.3. The third-order valence-electron chi connectivity index (χ3n) is 6.15. The fourth-order valence-electron chi connectivity index (χ4n) is 3.86. The van der Waals surface area contributed by atoms with Crippen molar-refractivity contribution in [3.8, 4) is 0 Å². The zero-order valence-corrected chi connectivity index (χ0v) is 22.5. The normalized spacial score (nSPS) is 21.8.